The number of thioether (sulfide) groups is 1. The lowest BCUT2D eigenvalue weighted by Gasteiger charge is -1.99. The minimum Gasteiger partial charge on any atom is -0.466 e. The SMILES string of the molecule is COC(=O)/C=C/c1cc(F)cc(SC)c1. The summed E-state index contributed by atoms with van der Waals surface area (Å²) in [6, 6.07) is 4.60. The number of rotatable bonds is 3. The smallest absolute Gasteiger partial charge is 0.330 e. The topological polar surface area (TPSA) is 26.3 Å². The van der Waals surface area contributed by atoms with Crippen LogP contribution in [0.15, 0.2) is 29.2 Å². The number of halogens is 1. The third-order valence-electron chi connectivity index (χ3n) is 1.74. The number of methoxy groups -OCH3 is 1. The molecule has 1 aromatic carbocycles. The van der Waals surface area contributed by atoms with E-state index in [0.717, 1.165) is 4.90 Å². The second kappa shape index (κ2) is 5.56. The molecule has 0 heterocycles. The van der Waals surface area contributed by atoms with Gasteiger partial charge in [-0.25, -0.2) is 9.18 Å². The van der Waals surface area contributed by atoms with Crippen molar-refractivity contribution in [2.24, 2.45) is 0 Å². The Bertz CT molecular complexity index is 388. The fourth-order valence-electron chi connectivity index (χ4n) is 1.03. The molecule has 0 atom stereocenters. The van der Waals surface area contributed by atoms with Gasteiger partial charge in [0.1, 0.15) is 5.82 Å². The van der Waals surface area contributed by atoms with E-state index in [0.29, 0.717) is 5.56 Å². The van der Waals surface area contributed by atoms with Crippen molar-refractivity contribution >= 4 is 23.8 Å². The van der Waals surface area contributed by atoms with E-state index in [1.165, 1.54) is 43.2 Å². The number of carbonyl (C=O) groups is 1. The highest BCUT2D eigenvalue weighted by atomic mass is 32.2. The van der Waals surface area contributed by atoms with Crippen LogP contribution in [-0.2, 0) is 9.53 Å². The first kappa shape index (κ1) is 11.8. The maximum absolute atomic E-state index is 13.1. The highest BCUT2D eigenvalue weighted by Crippen LogP contribution is 2.19. The van der Waals surface area contributed by atoms with Crippen LogP contribution in [0.25, 0.3) is 6.08 Å². The van der Waals surface area contributed by atoms with Gasteiger partial charge in [0.2, 0.25) is 0 Å². The van der Waals surface area contributed by atoms with E-state index in [9.17, 15) is 9.18 Å². The van der Waals surface area contributed by atoms with Crippen molar-refractivity contribution in [1.82, 2.24) is 0 Å². The Morgan fingerprint density at radius 2 is 2.20 bits per heavy atom. The first-order valence-electron chi connectivity index (χ1n) is 4.26. The lowest BCUT2D eigenvalue weighted by Crippen LogP contribution is -1.93. The molecule has 0 saturated heterocycles. The Morgan fingerprint density at radius 1 is 1.47 bits per heavy atom. The number of benzene rings is 1. The normalized spacial score (nSPS) is 10.6. The molecule has 0 unspecified atom stereocenters. The Hall–Kier alpha value is -1.29. The molecular weight excluding hydrogens is 215 g/mol. The summed E-state index contributed by atoms with van der Waals surface area (Å²) in [6.07, 6.45) is 4.65. The quantitative estimate of drug-likeness (QED) is 0.450. The Morgan fingerprint density at radius 3 is 2.80 bits per heavy atom. The first-order valence-corrected chi connectivity index (χ1v) is 5.49. The van der Waals surface area contributed by atoms with Crippen molar-refractivity contribution in [3.63, 3.8) is 0 Å². The number of hydrogen-bond donors (Lipinski definition) is 0. The van der Waals surface area contributed by atoms with Crippen LogP contribution >= 0.6 is 11.8 Å². The van der Waals surface area contributed by atoms with E-state index in [1.807, 2.05) is 6.26 Å². The van der Waals surface area contributed by atoms with E-state index < -0.39 is 5.97 Å². The summed E-state index contributed by atoms with van der Waals surface area (Å²) in [5.41, 5.74) is 0.643. The molecule has 0 saturated carbocycles. The summed E-state index contributed by atoms with van der Waals surface area (Å²) in [7, 11) is 1.30. The van der Waals surface area contributed by atoms with Crippen LogP contribution in [0.2, 0.25) is 0 Å². The lowest BCUT2D eigenvalue weighted by atomic mass is 10.2. The molecular formula is C11H11FO2S. The molecule has 0 aliphatic heterocycles. The van der Waals surface area contributed by atoms with Crippen LogP contribution in [0.3, 0.4) is 0 Å². The standard InChI is InChI=1S/C11H11FO2S/c1-14-11(13)4-3-8-5-9(12)7-10(6-8)15-2/h3-7H,1-2H3/b4-3+. The van der Waals surface area contributed by atoms with E-state index in [2.05, 4.69) is 4.74 Å². The average molecular weight is 226 g/mol. The van der Waals surface area contributed by atoms with Crippen molar-refractivity contribution in [3.05, 3.63) is 35.7 Å². The summed E-state index contributed by atoms with van der Waals surface area (Å²) in [4.78, 5) is 11.6. The molecule has 0 radical (unpaired) electrons. The van der Waals surface area contributed by atoms with E-state index >= 15 is 0 Å². The number of hydrogen-bond acceptors (Lipinski definition) is 3. The molecule has 0 aliphatic carbocycles. The Kier molecular flexibility index (Phi) is 4.37. The lowest BCUT2D eigenvalue weighted by molar-refractivity contribution is -0.134. The van der Waals surface area contributed by atoms with Crippen LogP contribution in [0.1, 0.15) is 5.56 Å². The fraction of sp³-hybridized carbons (Fsp3) is 0.182. The molecule has 0 amide bonds. The third kappa shape index (κ3) is 3.75. The van der Waals surface area contributed by atoms with E-state index in [1.54, 1.807) is 6.07 Å². The zero-order chi connectivity index (χ0) is 11.3. The average Bonchev–Trinajstić information content (AvgIpc) is 2.25. The maximum Gasteiger partial charge on any atom is 0.330 e. The van der Waals surface area contributed by atoms with Gasteiger partial charge in [-0.3, -0.25) is 0 Å². The predicted octanol–water partition coefficient (Wildman–Crippen LogP) is 2.73. The minimum absolute atomic E-state index is 0.314. The molecule has 0 spiro atoms. The monoisotopic (exact) mass is 226 g/mol. The number of esters is 1. The van der Waals surface area contributed by atoms with Crippen LogP contribution in [0.5, 0.6) is 0 Å². The van der Waals surface area contributed by atoms with Crippen LogP contribution < -0.4 is 0 Å². The second-order valence-electron chi connectivity index (χ2n) is 2.78. The molecule has 1 aromatic rings. The van der Waals surface area contributed by atoms with Gasteiger partial charge < -0.3 is 4.74 Å². The van der Waals surface area contributed by atoms with Gasteiger partial charge in [-0.15, -0.1) is 11.8 Å². The van der Waals surface area contributed by atoms with Crippen molar-refractivity contribution < 1.29 is 13.9 Å². The molecule has 1 rings (SSSR count). The van der Waals surface area contributed by atoms with Crippen LogP contribution in [-0.4, -0.2) is 19.3 Å². The van der Waals surface area contributed by atoms with Crippen LogP contribution in [0, 0.1) is 5.82 Å². The largest absolute Gasteiger partial charge is 0.466 e. The van der Waals surface area contributed by atoms with Gasteiger partial charge in [0.15, 0.2) is 0 Å². The van der Waals surface area contributed by atoms with Crippen molar-refractivity contribution in [1.29, 1.82) is 0 Å². The van der Waals surface area contributed by atoms with Gasteiger partial charge in [-0.05, 0) is 36.1 Å². The Balaban J connectivity index is 2.90. The maximum atomic E-state index is 13.1. The summed E-state index contributed by atoms with van der Waals surface area (Å²) in [5.74, 6) is -0.767. The van der Waals surface area contributed by atoms with Crippen molar-refractivity contribution in [3.8, 4) is 0 Å². The van der Waals surface area contributed by atoms with Gasteiger partial charge in [0.05, 0.1) is 7.11 Å². The number of ether oxygens (including phenoxy) is 1. The molecule has 0 fully saturated rings. The molecule has 15 heavy (non-hydrogen) atoms. The third-order valence-corrected chi connectivity index (χ3v) is 2.45. The van der Waals surface area contributed by atoms with Gasteiger partial charge in [-0.1, -0.05) is 0 Å². The van der Waals surface area contributed by atoms with Crippen molar-refractivity contribution in [2.45, 2.75) is 4.90 Å². The van der Waals surface area contributed by atoms with Gasteiger partial charge in [0, 0.05) is 11.0 Å². The fourth-order valence-corrected chi connectivity index (χ4v) is 1.52. The molecule has 2 nitrogen and oxygen atoms in total. The zero-order valence-corrected chi connectivity index (χ0v) is 9.31. The highest BCUT2D eigenvalue weighted by Gasteiger charge is 1.98. The summed E-state index contributed by atoms with van der Waals surface area (Å²) in [6.45, 7) is 0. The molecule has 0 aliphatic rings. The summed E-state index contributed by atoms with van der Waals surface area (Å²) < 4.78 is 17.5. The van der Waals surface area contributed by atoms with E-state index in [-0.39, 0.29) is 5.82 Å². The summed E-state index contributed by atoms with van der Waals surface area (Å²) in [5, 5.41) is 0. The summed E-state index contributed by atoms with van der Waals surface area (Å²) >= 11 is 1.45. The second-order valence-corrected chi connectivity index (χ2v) is 3.66. The molecule has 0 aromatic heterocycles. The van der Waals surface area contributed by atoms with Crippen LogP contribution in [0.4, 0.5) is 4.39 Å². The minimum atomic E-state index is -0.454. The van der Waals surface area contributed by atoms with E-state index in [4.69, 9.17) is 0 Å². The van der Waals surface area contributed by atoms with Crippen molar-refractivity contribution in [2.75, 3.05) is 13.4 Å². The molecule has 80 valence electrons. The molecule has 0 N–H and O–H groups in total. The highest BCUT2D eigenvalue weighted by molar-refractivity contribution is 7.98. The van der Waals surface area contributed by atoms with Gasteiger partial charge >= 0.3 is 5.97 Å². The zero-order valence-electron chi connectivity index (χ0n) is 8.49. The van der Waals surface area contributed by atoms with Gasteiger partial charge in [0.25, 0.3) is 0 Å². The Labute approximate surface area is 92.1 Å². The first-order chi connectivity index (χ1) is 7.15. The molecule has 0 bridgehead atoms. The van der Waals surface area contributed by atoms with Gasteiger partial charge in [-0.2, -0.15) is 0 Å². The molecule has 4 heteroatoms. The number of carbonyl (C=O) groups excluding carboxylic acids is 1. The predicted molar refractivity (Wildman–Crippen MR) is 59.2 cm³/mol.